The van der Waals surface area contributed by atoms with Gasteiger partial charge in [0.25, 0.3) is 0 Å². The van der Waals surface area contributed by atoms with Crippen LogP contribution in [0.5, 0.6) is 0 Å². The fraction of sp³-hybridized carbons (Fsp3) is 0.462. The molecule has 0 saturated carbocycles. The van der Waals surface area contributed by atoms with E-state index in [9.17, 15) is 15.0 Å². The summed E-state index contributed by atoms with van der Waals surface area (Å²) >= 11 is 3.37. The van der Waals surface area contributed by atoms with Gasteiger partial charge in [-0.3, -0.25) is 9.69 Å². The first-order chi connectivity index (χ1) is 8.95. The topological polar surface area (TPSA) is 72.8 Å². The average Bonchev–Trinajstić information content (AvgIpc) is 2.62. The molecule has 1 heterocycles. The van der Waals surface area contributed by atoms with Gasteiger partial charge in [0.2, 0.25) is 5.91 Å². The lowest BCUT2D eigenvalue weighted by atomic mass is 10.2. The van der Waals surface area contributed by atoms with E-state index in [1.54, 1.807) is 4.90 Å². The summed E-state index contributed by atoms with van der Waals surface area (Å²) in [6.07, 6.45) is -1.52. The number of halogens is 1. The van der Waals surface area contributed by atoms with E-state index >= 15 is 0 Å². The third-order valence-electron chi connectivity index (χ3n) is 3.16. The highest BCUT2D eigenvalue weighted by Crippen LogP contribution is 2.20. The number of carbonyl (C=O) groups excluding carboxylic acids is 1. The minimum absolute atomic E-state index is 0.147. The van der Waals surface area contributed by atoms with Crippen molar-refractivity contribution in [3.05, 3.63) is 28.2 Å². The molecule has 5 nitrogen and oxygen atoms in total. The molecular formula is C13H17BrN2O3. The lowest BCUT2D eigenvalue weighted by molar-refractivity contribution is -0.117. The van der Waals surface area contributed by atoms with Crippen molar-refractivity contribution in [2.45, 2.75) is 19.1 Å². The number of β-amino-alcohol motifs (C(OH)–C–C–N with tert-alkyl or cyclic N) is 2. The van der Waals surface area contributed by atoms with Crippen LogP contribution in [0.3, 0.4) is 0 Å². The number of carbonyl (C=O) groups is 1. The zero-order chi connectivity index (χ0) is 14.0. The van der Waals surface area contributed by atoms with E-state index in [0.29, 0.717) is 13.1 Å². The Morgan fingerprint density at radius 2 is 2.05 bits per heavy atom. The molecule has 1 amide bonds. The maximum absolute atomic E-state index is 11.9. The molecule has 0 bridgehead atoms. The minimum Gasteiger partial charge on any atom is -0.389 e. The number of hydrogen-bond donors (Lipinski definition) is 3. The van der Waals surface area contributed by atoms with Crippen LogP contribution in [0.2, 0.25) is 0 Å². The molecule has 0 radical (unpaired) electrons. The number of hydrogen-bond acceptors (Lipinski definition) is 4. The number of aryl methyl sites for hydroxylation is 1. The average molecular weight is 329 g/mol. The van der Waals surface area contributed by atoms with Gasteiger partial charge in [0.05, 0.1) is 18.8 Å². The van der Waals surface area contributed by atoms with Crippen LogP contribution in [-0.4, -0.2) is 52.9 Å². The first-order valence-electron chi connectivity index (χ1n) is 6.10. The molecule has 1 aromatic rings. The van der Waals surface area contributed by atoms with Crippen LogP contribution >= 0.6 is 15.9 Å². The number of nitrogens with one attached hydrogen (secondary N) is 1. The van der Waals surface area contributed by atoms with Crippen LogP contribution < -0.4 is 5.32 Å². The molecule has 0 spiro atoms. The number of nitrogens with zero attached hydrogens (tertiary/aromatic N) is 1. The fourth-order valence-electron chi connectivity index (χ4n) is 2.14. The van der Waals surface area contributed by atoms with Gasteiger partial charge in [-0.1, -0.05) is 15.9 Å². The molecule has 2 atom stereocenters. The van der Waals surface area contributed by atoms with Crippen molar-refractivity contribution in [1.29, 1.82) is 0 Å². The minimum atomic E-state index is -0.762. The van der Waals surface area contributed by atoms with Gasteiger partial charge in [0.15, 0.2) is 0 Å². The van der Waals surface area contributed by atoms with Crippen molar-refractivity contribution in [2.75, 3.05) is 25.0 Å². The van der Waals surface area contributed by atoms with Gasteiger partial charge in [-0.2, -0.15) is 0 Å². The predicted octanol–water partition coefficient (Wildman–Crippen LogP) is 0.733. The van der Waals surface area contributed by atoms with E-state index in [4.69, 9.17) is 0 Å². The largest absolute Gasteiger partial charge is 0.389 e. The highest BCUT2D eigenvalue weighted by Gasteiger charge is 2.30. The molecule has 0 aromatic heterocycles. The summed E-state index contributed by atoms with van der Waals surface area (Å²) in [5, 5.41) is 21.7. The summed E-state index contributed by atoms with van der Waals surface area (Å²) in [7, 11) is 0. The Labute approximate surface area is 120 Å². The first-order valence-corrected chi connectivity index (χ1v) is 6.89. The fourth-order valence-corrected chi connectivity index (χ4v) is 2.61. The van der Waals surface area contributed by atoms with Gasteiger partial charge >= 0.3 is 0 Å². The van der Waals surface area contributed by atoms with Gasteiger partial charge in [0, 0.05) is 23.2 Å². The Kier molecular flexibility index (Phi) is 4.57. The number of likely N-dealkylation sites (tertiary alicyclic amines) is 1. The van der Waals surface area contributed by atoms with Crippen LogP contribution in [0.25, 0.3) is 0 Å². The van der Waals surface area contributed by atoms with E-state index in [2.05, 4.69) is 21.2 Å². The molecule has 19 heavy (non-hydrogen) atoms. The SMILES string of the molecule is Cc1cc(Br)ccc1NC(=O)CN1C[C@@H](O)[C@@H](O)C1. The third-order valence-corrected chi connectivity index (χ3v) is 3.66. The number of anilines is 1. The maximum atomic E-state index is 11.9. The standard InChI is InChI=1S/C13H17BrN2O3/c1-8-4-9(14)2-3-10(8)15-13(19)7-16-5-11(17)12(18)6-16/h2-4,11-12,17-18H,5-7H2,1H3,(H,15,19)/t11-,12+. The quantitative estimate of drug-likeness (QED) is 0.765. The highest BCUT2D eigenvalue weighted by atomic mass is 79.9. The molecule has 1 saturated heterocycles. The molecule has 1 aliphatic rings. The summed E-state index contributed by atoms with van der Waals surface area (Å²) in [5.74, 6) is -0.147. The Morgan fingerprint density at radius 3 is 2.63 bits per heavy atom. The van der Waals surface area contributed by atoms with Crippen molar-refractivity contribution in [2.24, 2.45) is 0 Å². The molecule has 3 N–H and O–H groups in total. The summed E-state index contributed by atoms with van der Waals surface area (Å²) in [4.78, 5) is 13.6. The van der Waals surface area contributed by atoms with Crippen LogP contribution in [0, 0.1) is 6.92 Å². The van der Waals surface area contributed by atoms with E-state index in [1.165, 1.54) is 0 Å². The van der Waals surface area contributed by atoms with Crippen molar-refractivity contribution < 1.29 is 15.0 Å². The van der Waals surface area contributed by atoms with E-state index < -0.39 is 12.2 Å². The molecule has 6 heteroatoms. The molecule has 1 fully saturated rings. The Morgan fingerprint density at radius 1 is 1.42 bits per heavy atom. The lowest BCUT2D eigenvalue weighted by Gasteiger charge is -2.15. The van der Waals surface area contributed by atoms with Gasteiger partial charge in [-0.05, 0) is 30.7 Å². The Balaban J connectivity index is 1.91. The highest BCUT2D eigenvalue weighted by molar-refractivity contribution is 9.10. The maximum Gasteiger partial charge on any atom is 0.238 e. The predicted molar refractivity (Wildman–Crippen MR) is 76.0 cm³/mol. The van der Waals surface area contributed by atoms with E-state index in [1.807, 2.05) is 25.1 Å². The zero-order valence-electron chi connectivity index (χ0n) is 10.6. The van der Waals surface area contributed by atoms with Crippen LogP contribution in [0.1, 0.15) is 5.56 Å². The van der Waals surface area contributed by atoms with Crippen molar-refractivity contribution >= 4 is 27.5 Å². The number of rotatable bonds is 3. The second kappa shape index (κ2) is 6.00. The Hall–Kier alpha value is -0.950. The van der Waals surface area contributed by atoms with Crippen molar-refractivity contribution in [3.8, 4) is 0 Å². The summed E-state index contributed by atoms with van der Waals surface area (Å²) < 4.78 is 0.966. The Bertz CT molecular complexity index is 471. The van der Waals surface area contributed by atoms with Crippen molar-refractivity contribution in [1.82, 2.24) is 4.90 Å². The molecule has 104 valence electrons. The molecule has 0 aliphatic carbocycles. The van der Waals surface area contributed by atoms with Crippen LogP contribution in [-0.2, 0) is 4.79 Å². The molecule has 2 rings (SSSR count). The zero-order valence-corrected chi connectivity index (χ0v) is 12.2. The second-order valence-electron chi connectivity index (χ2n) is 4.84. The van der Waals surface area contributed by atoms with Gasteiger partial charge in [0.1, 0.15) is 0 Å². The number of aliphatic hydroxyl groups excluding tert-OH is 2. The summed E-state index contributed by atoms with van der Waals surface area (Å²) in [6, 6.07) is 5.63. The van der Waals surface area contributed by atoms with Crippen LogP contribution in [0.4, 0.5) is 5.69 Å². The second-order valence-corrected chi connectivity index (χ2v) is 5.75. The number of benzene rings is 1. The number of aliphatic hydroxyl groups is 2. The summed E-state index contributed by atoms with van der Waals surface area (Å²) in [5.41, 5.74) is 1.75. The monoisotopic (exact) mass is 328 g/mol. The first kappa shape index (κ1) is 14.5. The van der Waals surface area contributed by atoms with Crippen LogP contribution in [0.15, 0.2) is 22.7 Å². The van der Waals surface area contributed by atoms with Gasteiger partial charge < -0.3 is 15.5 Å². The molecule has 1 aromatic carbocycles. The third kappa shape index (κ3) is 3.76. The normalized spacial score (nSPS) is 23.6. The molecular weight excluding hydrogens is 312 g/mol. The lowest BCUT2D eigenvalue weighted by Crippen LogP contribution is -2.32. The van der Waals surface area contributed by atoms with Gasteiger partial charge in [-0.25, -0.2) is 0 Å². The molecule has 1 aliphatic heterocycles. The van der Waals surface area contributed by atoms with E-state index in [-0.39, 0.29) is 12.5 Å². The van der Waals surface area contributed by atoms with Crippen molar-refractivity contribution in [3.63, 3.8) is 0 Å². The molecule has 0 unspecified atom stereocenters. The smallest absolute Gasteiger partial charge is 0.238 e. The summed E-state index contributed by atoms with van der Waals surface area (Å²) in [6.45, 7) is 2.75. The van der Waals surface area contributed by atoms with E-state index in [0.717, 1.165) is 15.7 Å². The van der Waals surface area contributed by atoms with Gasteiger partial charge in [-0.15, -0.1) is 0 Å². The number of amides is 1.